The molecule has 2 rings (SSSR count). The highest BCUT2D eigenvalue weighted by atomic mass is 16.3. The number of hydrogen-bond donors (Lipinski definition) is 2. The summed E-state index contributed by atoms with van der Waals surface area (Å²) in [5, 5.41) is 22.1. The summed E-state index contributed by atoms with van der Waals surface area (Å²) in [6.07, 6.45) is 5.46. The first-order valence-electron chi connectivity index (χ1n) is 5.98. The molecular weight excluding hydrogens is 222 g/mol. The second-order valence-corrected chi connectivity index (χ2v) is 4.25. The Bertz CT molecular complexity index is 348. The molecule has 1 aliphatic rings. The fraction of sp³-hybridized carbons (Fsp3) is 0.800. The third-order valence-corrected chi connectivity index (χ3v) is 3.15. The first kappa shape index (κ1) is 12.0. The van der Waals surface area contributed by atoms with E-state index in [1.807, 2.05) is 0 Å². The van der Waals surface area contributed by atoms with Gasteiger partial charge in [0.25, 0.3) is 11.7 Å². The first-order valence-corrected chi connectivity index (χ1v) is 5.98. The molecule has 0 spiro atoms. The standard InChI is InChI=1S/C10H17N5O2/c16-7-6-15(8-4-2-1-3-5-8)10(17)9-11-13-14-12-9/h8,16H,1-7H2,(H,11,12,13,14). The quantitative estimate of drug-likeness (QED) is 0.769. The number of carbonyl (C=O) groups excluding carboxylic acids is 1. The van der Waals surface area contributed by atoms with Gasteiger partial charge in [-0.25, -0.2) is 0 Å². The first-order chi connectivity index (χ1) is 8.33. The second-order valence-electron chi connectivity index (χ2n) is 4.25. The average Bonchev–Trinajstić information content (AvgIpc) is 2.90. The summed E-state index contributed by atoms with van der Waals surface area (Å²) in [6, 6.07) is 0.196. The van der Waals surface area contributed by atoms with Gasteiger partial charge in [0.2, 0.25) is 0 Å². The Hall–Kier alpha value is -1.50. The van der Waals surface area contributed by atoms with Gasteiger partial charge < -0.3 is 10.0 Å². The van der Waals surface area contributed by atoms with E-state index in [4.69, 9.17) is 5.11 Å². The van der Waals surface area contributed by atoms with Gasteiger partial charge >= 0.3 is 0 Å². The van der Waals surface area contributed by atoms with Crippen LogP contribution in [-0.4, -0.2) is 55.7 Å². The number of nitrogens with one attached hydrogen (secondary N) is 1. The van der Waals surface area contributed by atoms with Crippen LogP contribution in [0, 0.1) is 0 Å². The normalized spacial score (nSPS) is 17.0. The summed E-state index contributed by atoms with van der Waals surface area (Å²) < 4.78 is 0. The molecule has 94 valence electrons. The molecule has 2 N–H and O–H groups in total. The van der Waals surface area contributed by atoms with Crippen molar-refractivity contribution in [1.82, 2.24) is 25.5 Å². The maximum absolute atomic E-state index is 12.1. The Morgan fingerprint density at radius 2 is 2.18 bits per heavy atom. The molecule has 1 aromatic heterocycles. The molecular formula is C10H17N5O2. The summed E-state index contributed by atoms with van der Waals surface area (Å²) in [6.45, 7) is 0.290. The molecule has 1 amide bonds. The minimum absolute atomic E-state index is 0.0416. The van der Waals surface area contributed by atoms with Gasteiger partial charge in [0, 0.05) is 12.6 Å². The van der Waals surface area contributed by atoms with E-state index in [-0.39, 0.29) is 24.4 Å². The van der Waals surface area contributed by atoms with Crippen molar-refractivity contribution in [3.63, 3.8) is 0 Å². The summed E-state index contributed by atoms with van der Waals surface area (Å²) in [4.78, 5) is 13.8. The number of rotatable bonds is 4. The van der Waals surface area contributed by atoms with Gasteiger partial charge in [0.05, 0.1) is 6.61 Å². The molecule has 0 saturated heterocycles. The summed E-state index contributed by atoms with van der Waals surface area (Å²) >= 11 is 0. The number of aliphatic hydroxyl groups excluding tert-OH is 1. The van der Waals surface area contributed by atoms with Crippen LogP contribution in [0.3, 0.4) is 0 Å². The molecule has 1 fully saturated rings. The van der Waals surface area contributed by atoms with E-state index in [0.29, 0.717) is 6.54 Å². The van der Waals surface area contributed by atoms with Crippen molar-refractivity contribution in [2.75, 3.05) is 13.2 Å². The smallest absolute Gasteiger partial charge is 0.295 e. The molecule has 1 saturated carbocycles. The average molecular weight is 239 g/mol. The molecule has 0 unspecified atom stereocenters. The number of H-pyrrole nitrogens is 1. The zero-order valence-electron chi connectivity index (χ0n) is 9.67. The number of nitrogens with zero attached hydrogens (tertiary/aromatic N) is 4. The van der Waals surface area contributed by atoms with E-state index in [1.54, 1.807) is 4.90 Å². The lowest BCUT2D eigenvalue weighted by Gasteiger charge is -2.33. The summed E-state index contributed by atoms with van der Waals surface area (Å²) in [5.41, 5.74) is 0. The minimum atomic E-state index is -0.250. The van der Waals surface area contributed by atoms with Crippen LogP contribution < -0.4 is 0 Å². The number of hydrogen-bond acceptors (Lipinski definition) is 5. The Morgan fingerprint density at radius 3 is 2.76 bits per heavy atom. The van der Waals surface area contributed by atoms with Gasteiger partial charge in [-0.2, -0.15) is 5.21 Å². The number of aromatic amines is 1. The van der Waals surface area contributed by atoms with Crippen LogP contribution in [0.4, 0.5) is 0 Å². The molecule has 1 heterocycles. The lowest BCUT2D eigenvalue weighted by atomic mass is 9.94. The molecule has 7 nitrogen and oxygen atoms in total. The zero-order chi connectivity index (χ0) is 12.1. The Kier molecular flexibility index (Phi) is 4.03. The molecule has 1 aliphatic carbocycles. The molecule has 0 aliphatic heterocycles. The predicted octanol–water partition coefficient (Wildman–Crippen LogP) is -0.0331. The third kappa shape index (κ3) is 2.79. The lowest BCUT2D eigenvalue weighted by molar-refractivity contribution is 0.0573. The van der Waals surface area contributed by atoms with Crippen molar-refractivity contribution < 1.29 is 9.90 Å². The fourth-order valence-corrected chi connectivity index (χ4v) is 2.33. The topological polar surface area (TPSA) is 95.0 Å². The van der Waals surface area contributed by atoms with Crippen molar-refractivity contribution in [2.45, 2.75) is 38.1 Å². The van der Waals surface area contributed by atoms with Crippen molar-refractivity contribution in [3.05, 3.63) is 5.82 Å². The van der Waals surface area contributed by atoms with Crippen LogP contribution >= 0.6 is 0 Å². The lowest BCUT2D eigenvalue weighted by Crippen LogP contribution is -2.43. The van der Waals surface area contributed by atoms with Gasteiger partial charge in [-0.15, -0.1) is 10.2 Å². The number of tetrazole rings is 1. The molecule has 0 radical (unpaired) electrons. The van der Waals surface area contributed by atoms with E-state index >= 15 is 0 Å². The van der Waals surface area contributed by atoms with E-state index < -0.39 is 0 Å². The number of aliphatic hydroxyl groups is 1. The van der Waals surface area contributed by atoms with Crippen molar-refractivity contribution >= 4 is 5.91 Å². The number of aromatic nitrogens is 4. The van der Waals surface area contributed by atoms with E-state index in [9.17, 15) is 4.79 Å². The van der Waals surface area contributed by atoms with Gasteiger partial charge in [0.15, 0.2) is 0 Å². The predicted molar refractivity (Wildman–Crippen MR) is 59.2 cm³/mol. The number of amides is 1. The van der Waals surface area contributed by atoms with Crippen molar-refractivity contribution in [3.8, 4) is 0 Å². The largest absolute Gasteiger partial charge is 0.395 e. The molecule has 0 bridgehead atoms. The summed E-state index contributed by atoms with van der Waals surface area (Å²) in [7, 11) is 0. The molecule has 7 heteroatoms. The van der Waals surface area contributed by atoms with Crippen LogP contribution in [0.2, 0.25) is 0 Å². The highest BCUT2D eigenvalue weighted by Gasteiger charge is 2.27. The van der Waals surface area contributed by atoms with Crippen LogP contribution in [0.5, 0.6) is 0 Å². The highest BCUT2D eigenvalue weighted by Crippen LogP contribution is 2.23. The Balaban J connectivity index is 2.07. The van der Waals surface area contributed by atoms with Crippen molar-refractivity contribution in [1.29, 1.82) is 0 Å². The minimum Gasteiger partial charge on any atom is -0.395 e. The molecule has 0 atom stereocenters. The summed E-state index contributed by atoms with van der Waals surface area (Å²) in [5.74, 6) is -0.177. The van der Waals surface area contributed by atoms with Crippen LogP contribution in [-0.2, 0) is 0 Å². The van der Waals surface area contributed by atoms with E-state index in [1.165, 1.54) is 6.42 Å². The Morgan fingerprint density at radius 1 is 1.41 bits per heavy atom. The molecule has 0 aromatic carbocycles. The highest BCUT2D eigenvalue weighted by molar-refractivity contribution is 5.90. The van der Waals surface area contributed by atoms with Crippen LogP contribution in [0.1, 0.15) is 42.7 Å². The fourth-order valence-electron chi connectivity index (χ4n) is 2.33. The second kappa shape index (κ2) is 5.72. The SMILES string of the molecule is O=C(c1nn[nH]n1)N(CCO)C1CCCCC1. The van der Waals surface area contributed by atoms with Gasteiger partial charge in [-0.05, 0) is 18.1 Å². The molecule has 17 heavy (non-hydrogen) atoms. The maximum Gasteiger partial charge on any atom is 0.295 e. The maximum atomic E-state index is 12.1. The third-order valence-electron chi connectivity index (χ3n) is 3.15. The van der Waals surface area contributed by atoms with Gasteiger partial charge in [-0.1, -0.05) is 19.3 Å². The van der Waals surface area contributed by atoms with E-state index in [0.717, 1.165) is 25.7 Å². The zero-order valence-corrected chi connectivity index (χ0v) is 9.67. The van der Waals surface area contributed by atoms with Gasteiger partial charge in [0.1, 0.15) is 0 Å². The van der Waals surface area contributed by atoms with Crippen molar-refractivity contribution in [2.24, 2.45) is 0 Å². The Labute approximate surface area is 99.2 Å². The number of carbonyl (C=O) groups is 1. The monoisotopic (exact) mass is 239 g/mol. The van der Waals surface area contributed by atoms with E-state index in [2.05, 4.69) is 20.6 Å². The van der Waals surface area contributed by atoms with Crippen LogP contribution in [0.25, 0.3) is 0 Å². The van der Waals surface area contributed by atoms with Crippen LogP contribution in [0.15, 0.2) is 0 Å². The molecule has 1 aromatic rings. The van der Waals surface area contributed by atoms with Gasteiger partial charge in [-0.3, -0.25) is 4.79 Å².